The zero-order valence-electron chi connectivity index (χ0n) is 20.9. The summed E-state index contributed by atoms with van der Waals surface area (Å²) in [5.74, 6) is 0. The molecule has 0 spiro atoms. The van der Waals surface area contributed by atoms with E-state index in [2.05, 4.69) is 101 Å². The fraction of sp³-hybridized carbons (Fsp3) is 0. The lowest BCUT2D eigenvalue weighted by molar-refractivity contribution is 1.19. The number of hydrogen-bond acceptors (Lipinski definition) is 5. The van der Waals surface area contributed by atoms with Gasteiger partial charge in [-0.15, -0.1) is 34.0 Å². The van der Waals surface area contributed by atoms with Crippen LogP contribution in [0.2, 0.25) is 0 Å². The lowest BCUT2D eigenvalue weighted by Gasteiger charge is -2.10. The molecule has 0 saturated carbocycles. The highest BCUT2D eigenvalue weighted by atomic mass is 32.1. The van der Waals surface area contributed by atoms with Gasteiger partial charge in [-0.1, -0.05) is 54.6 Å². The molecule has 5 heterocycles. The predicted molar refractivity (Wildman–Crippen MR) is 175 cm³/mol. The molecule has 0 atom stereocenters. The number of fused-ring (bicyclic) bond motifs is 15. The molecule has 0 unspecified atom stereocenters. The van der Waals surface area contributed by atoms with Gasteiger partial charge < -0.3 is 4.57 Å². The normalized spacial score (nSPS) is 12.5. The van der Waals surface area contributed by atoms with Crippen molar-refractivity contribution in [3.63, 3.8) is 0 Å². The first-order valence-electron chi connectivity index (χ1n) is 13.2. The highest BCUT2D eigenvalue weighted by Crippen LogP contribution is 2.51. The number of aromatic nitrogens is 3. The van der Waals surface area contributed by atoms with Gasteiger partial charge >= 0.3 is 0 Å². The van der Waals surface area contributed by atoms with Crippen LogP contribution >= 0.6 is 34.0 Å². The molecule has 5 aromatic heterocycles. The largest absolute Gasteiger partial charge is 0.308 e. The van der Waals surface area contributed by atoms with Gasteiger partial charge in [0.25, 0.3) is 0 Å². The van der Waals surface area contributed by atoms with Crippen molar-refractivity contribution < 1.29 is 0 Å². The summed E-state index contributed by atoms with van der Waals surface area (Å²) in [5.41, 5.74) is 4.66. The van der Waals surface area contributed by atoms with Crippen LogP contribution in [0.15, 0.2) is 104 Å². The number of thiophene rings is 3. The highest BCUT2D eigenvalue weighted by molar-refractivity contribution is 7.30. The van der Waals surface area contributed by atoms with Gasteiger partial charge in [0.05, 0.1) is 21.3 Å². The molecular weight excluding hydrogens is 547 g/mol. The molecule has 10 aromatic rings. The third-order valence-corrected chi connectivity index (χ3v) is 11.6. The second-order valence-electron chi connectivity index (χ2n) is 10.2. The van der Waals surface area contributed by atoms with Crippen LogP contribution in [0.5, 0.6) is 0 Å². The van der Waals surface area contributed by atoms with Gasteiger partial charge in [-0.2, -0.15) is 0 Å². The molecule has 186 valence electrons. The van der Waals surface area contributed by atoms with Gasteiger partial charge in [0.1, 0.15) is 6.33 Å². The standard InChI is InChI=1S/C34H17N3S3/c1-4-10-23-20(8-1)28-32(37(23)18-13-14-26-22(15-18)19-7-2-5-11-24(19)38-26)30-31-27(16-35-17-36-31)40-34(30)29-21-9-3-6-12-25(21)39-33(28)29/h1-17H. The maximum absolute atomic E-state index is 4.87. The van der Waals surface area contributed by atoms with Crippen LogP contribution in [0.1, 0.15) is 0 Å². The Bertz CT molecular complexity index is 2640. The average molecular weight is 564 g/mol. The summed E-state index contributed by atoms with van der Waals surface area (Å²) in [4.78, 5) is 9.26. The number of nitrogens with zero attached hydrogens (tertiary/aromatic N) is 3. The van der Waals surface area contributed by atoms with Crippen LogP contribution in [0, 0.1) is 0 Å². The number of para-hydroxylation sites is 1. The lowest BCUT2D eigenvalue weighted by Crippen LogP contribution is -1.94. The predicted octanol–water partition coefficient (Wildman–Crippen LogP) is 10.7. The molecule has 0 aliphatic heterocycles. The van der Waals surface area contributed by atoms with Crippen molar-refractivity contribution in [3.8, 4) is 5.69 Å². The van der Waals surface area contributed by atoms with Crippen LogP contribution in [0.4, 0.5) is 0 Å². The molecule has 0 aliphatic rings. The second-order valence-corrected chi connectivity index (χ2v) is 13.4. The van der Waals surface area contributed by atoms with Gasteiger partial charge in [0.15, 0.2) is 0 Å². The van der Waals surface area contributed by atoms with E-state index >= 15 is 0 Å². The Morgan fingerprint density at radius 2 is 1.25 bits per heavy atom. The topological polar surface area (TPSA) is 30.7 Å². The van der Waals surface area contributed by atoms with Crippen molar-refractivity contribution >= 4 is 116 Å². The average Bonchev–Trinajstić information content (AvgIpc) is 3.75. The zero-order valence-corrected chi connectivity index (χ0v) is 23.3. The fourth-order valence-corrected chi connectivity index (χ4v) is 10.1. The van der Waals surface area contributed by atoms with Crippen molar-refractivity contribution in [2.75, 3.05) is 0 Å². The van der Waals surface area contributed by atoms with Crippen molar-refractivity contribution in [1.82, 2.24) is 14.5 Å². The van der Waals surface area contributed by atoms with E-state index in [0.717, 1.165) is 10.2 Å². The van der Waals surface area contributed by atoms with Crippen LogP contribution in [-0.4, -0.2) is 14.5 Å². The molecule has 5 aromatic carbocycles. The monoisotopic (exact) mass is 563 g/mol. The Labute approximate surface area is 239 Å². The Balaban J connectivity index is 1.50. The molecule has 40 heavy (non-hydrogen) atoms. The minimum Gasteiger partial charge on any atom is -0.308 e. The van der Waals surface area contributed by atoms with Crippen LogP contribution in [-0.2, 0) is 0 Å². The molecule has 0 bridgehead atoms. The molecule has 0 aliphatic carbocycles. The molecule has 10 rings (SSSR count). The van der Waals surface area contributed by atoms with Crippen molar-refractivity contribution in [2.45, 2.75) is 0 Å². The molecule has 3 nitrogen and oxygen atoms in total. The van der Waals surface area contributed by atoms with Crippen LogP contribution in [0.3, 0.4) is 0 Å². The SMILES string of the molecule is c1ccc2c(c1)sc1ccc(-n3c4ccccc4c4c5sc6ccccc6c5c5sc6cncnc6c5c43)cc12. The van der Waals surface area contributed by atoms with Crippen molar-refractivity contribution in [3.05, 3.63) is 104 Å². The first kappa shape index (κ1) is 21.5. The van der Waals surface area contributed by atoms with Crippen molar-refractivity contribution in [2.24, 2.45) is 0 Å². The Morgan fingerprint density at radius 1 is 0.550 bits per heavy atom. The summed E-state index contributed by atoms with van der Waals surface area (Å²) in [6, 6.07) is 33.4. The van der Waals surface area contributed by atoms with Gasteiger partial charge in [-0.3, -0.25) is 0 Å². The van der Waals surface area contributed by atoms with Crippen LogP contribution in [0.25, 0.3) is 88.1 Å². The minimum atomic E-state index is 1.03. The quantitative estimate of drug-likeness (QED) is 0.199. The second kappa shape index (κ2) is 7.64. The van der Waals surface area contributed by atoms with E-state index in [1.54, 1.807) is 6.33 Å². The van der Waals surface area contributed by atoms with E-state index in [1.807, 2.05) is 40.2 Å². The third-order valence-electron chi connectivity index (χ3n) is 8.13. The van der Waals surface area contributed by atoms with Gasteiger partial charge in [0.2, 0.25) is 0 Å². The summed E-state index contributed by atoms with van der Waals surface area (Å²) >= 11 is 5.58. The van der Waals surface area contributed by atoms with Crippen molar-refractivity contribution in [1.29, 1.82) is 0 Å². The zero-order chi connectivity index (χ0) is 25.9. The summed E-state index contributed by atoms with van der Waals surface area (Å²) in [6.45, 7) is 0. The van der Waals surface area contributed by atoms with Crippen LogP contribution < -0.4 is 0 Å². The fourth-order valence-electron chi connectivity index (χ4n) is 6.52. The van der Waals surface area contributed by atoms with E-state index in [4.69, 9.17) is 4.98 Å². The summed E-state index contributed by atoms with van der Waals surface area (Å²) in [6.07, 6.45) is 3.66. The van der Waals surface area contributed by atoms with Gasteiger partial charge in [-0.05, 0) is 36.4 Å². The Morgan fingerprint density at radius 3 is 2.15 bits per heavy atom. The lowest BCUT2D eigenvalue weighted by atomic mass is 10.0. The summed E-state index contributed by atoms with van der Waals surface area (Å²) in [5, 5.41) is 9.09. The third kappa shape index (κ3) is 2.63. The summed E-state index contributed by atoms with van der Waals surface area (Å²) in [7, 11) is 0. The number of rotatable bonds is 1. The van der Waals surface area contributed by atoms with E-state index < -0.39 is 0 Å². The van der Waals surface area contributed by atoms with E-state index in [1.165, 1.54) is 77.9 Å². The van der Waals surface area contributed by atoms with E-state index in [9.17, 15) is 0 Å². The highest BCUT2D eigenvalue weighted by Gasteiger charge is 2.25. The molecule has 0 radical (unpaired) electrons. The van der Waals surface area contributed by atoms with Gasteiger partial charge in [-0.25, -0.2) is 9.97 Å². The molecule has 0 N–H and O–H groups in total. The van der Waals surface area contributed by atoms with E-state index in [0.29, 0.717) is 0 Å². The number of benzene rings is 5. The maximum Gasteiger partial charge on any atom is 0.116 e. The summed E-state index contributed by atoms with van der Waals surface area (Å²) < 4.78 is 10.2. The van der Waals surface area contributed by atoms with Gasteiger partial charge in [0, 0.05) is 73.1 Å². The smallest absolute Gasteiger partial charge is 0.116 e. The molecule has 0 saturated heterocycles. The maximum atomic E-state index is 4.87. The first-order chi connectivity index (χ1) is 19.8. The molecule has 0 fully saturated rings. The molecule has 6 heteroatoms. The Hall–Kier alpha value is -4.36. The van der Waals surface area contributed by atoms with E-state index in [-0.39, 0.29) is 0 Å². The minimum absolute atomic E-state index is 1.03. The molecule has 0 amide bonds. The molecular formula is C34H17N3S3. The first-order valence-corrected chi connectivity index (χ1v) is 15.6. The number of hydrogen-bond donors (Lipinski definition) is 0. The Kier molecular flexibility index (Phi) is 4.10.